The van der Waals surface area contributed by atoms with Crippen LogP contribution in [0, 0.1) is 0 Å². The molecule has 0 amide bonds. The van der Waals surface area contributed by atoms with E-state index in [-0.39, 0.29) is 0 Å². The average Bonchev–Trinajstić information content (AvgIpc) is 2.62. The Bertz CT molecular complexity index is 553. The van der Waals surface area contributed by atoms with Crippen LogP contribution in [0.4, 0.5) is 0 Å². The minimum absolute atomic E-state index is 0.638. The number of nitrogens with one attached hydrogen (secondary N) is 2. The zero-order chi connectivity index (χ0) is 18.1. The van der Waals surface area contributed by atoms with Gasteiger partial charge in [0.15, 0.2) is 29.9 Å². The summed E-state index contributed by atoms with van der Waals surface area (Å²) in [6, 6.07) is 6.22. The SMILES string of the molecule is CCCC[NH+]1CNC(=S)N(CCc2ccc(OCC)c(OCC)c2)C1. The molecule has 1 aliphatic rings. The summed E-state index contributed by atoms with van der Waals surface area (Å²) in [7, 11) is 0. The van der Waals surface area contributed by atoms with Gasteiger partial charge in [0, 0.05) is 6.54 Å². The molecule has 0 bridgehead atoms. The standard InChI is InChI=1S/C19H31N3O2S/c1-4-7-11-21-14-20-19(25)22(15-21)12-10-16-8-9-17(23-5-2)18(13-16)24-6-3/h8-9,13H,4-7,10-12,14-15H2,1-3H3,(H,20,25)/p+1. The lowest BCUT2D eigenvalue weighted by Gasteiger charge is -2.35. The first-order chi connectivity index (χ1) is 12.2. The van der Waals surface area contributed by atoms with Gasteiger partial charge >= 0.3 is 0 Å². The van der Waals surface area contributed by atoms with E-state index in [1.165, 1.54) is 24.9 Å². The van der Waals surface area contributed by atoms with Crippen LogP contribution in [0.3, 0.4) is 0 Å². The second kappa shape index (κ2) is 10.5. The van der Waals surface area contributed by atoms with E-state index in [0.29, 0.717) is 13.2 Å². The van der Waals surface area contributed by atoms with Crippen LogP contribution in [-0.2, 0) is 6.42 Å². The predicted octanol–water partition coefficient (Wildman–Crippen LogP) is 1.82. The molecule has 1 heterocycles. The van der Waals surface area contributed by atoms with Crippen molar-refractivity contribution in [2.45, 2.75) is 40.0 Å². The maximum absolute atomic E-state index is 5.72. The number of ether oxygens (including phenoxy) is 2. The summed E-state index contributed by atoms with van der Waals surface area (Å²) >= 11 is 5.49. The zero-order valence-electron chi connectivity index (χ0n) is 15.8. The van der Waals surface area contributed by atoms with Crippen molar-refractivity contribution in [2.75, 3.05) is 39.6 Å². The number of hydrogen-bond acceptors (Lipinski definition) is 3. The first-order valence-corrected chi connectivity index (χ1v) is 9.83. The highest BCUT2D eigenvalue weighted by molar-refractivity contribution is 7.80. The Kier molecular flexibility index (Phi) is 8.28. The fourth-order valence-electron chi connectivity index (χ4n) is 3.00. The molecule has 6 heteroatoms. The molecule has 1 atom stereocenters. The molecule has 0 radical (unpaired) electrons. The summed E-state index contributed by atoms with van der Waals surface area (Å²) in [6.07, 6.45) is 3.43. The lowest BCUT2D eigenvalue weighted by molar-refractivity contribution is -0.914. The van der Waals surface area contributed by atoms with Gasteiger partial charge in [-0.15, -0.1) is 0 Å². The van der Waals surface area contributed by atoms with Gasteiger partial charge in [0.1, 0.15) is 0 Å². The molecule has 1 unspecified atom stereocenters. The van der Waals surface area contributed by atoms with Crippen molar-refractivity contribution in [1.82, 2.24) is 10.2 Å². The number of benzene rings is 1. The van der Waals surface area contributed by atoms with Crippen molar-refractivity contribution in [3.8, 4) is 11.5 Å². The third-order valence-corrected chi connectivity index (χ3v) is 4.76. The molecule has 1 aliphatic heterocycles. The molecule has 1 aromatic rings. The van der Waals surface area contributed by atoms with Gasteiger partial charge in [-0.05, 0) is 56.6 Å². The Morgan fingerprint density at radius 2 is 1.92 bits per heavy atom. The van der Waals surface area contributed by atoms with Gasteiger partial charge in [0.05, 0.1) is 19.8 Å². The van der Waals surface area contributed by atoms with E-state index in [9.17, 15) is 0 Å². The molecule has 5 nitrogen and oxygen atoms in total. The molecule has 0 spiro atoms. The van der Waals surface area contributed by atoms with E-state index >= 15 is 0 Å². The smallest absolute Gasteiger partial charge is 0.177 e. The lowest BCUT2D eigenvalue weighted by Crippen LogP contribution is -3.17. The Balaban J connectivity index is 1.94. The Hall–Kier alpha value is -1.53. The molecule has 0 aliphatic carbocycles. The average molecular weight is 367 g/mol. The van der Waals surface area contributed by atoms with Crippen LogP contribution in [0.2, 0.25) is 0 Å². The third kappa shape index (κ3) is 6.04. The molecule has 25 heavy (non-hydrogen) atoms. The highest BCUT2D eigenvalue weighted by Gasteiger charge is 2.22. The van der Waals surface area contributed by atoms with Crippen LogP contribution in [0.15, 0.2) is 18.2 Å². The van der Waals surface area contributed by atoms with Gasteiger partial charge in [-0.25, -0.2) is 0 Å². The van der Waals surface area contributed by atoms with E-state index in [4.69, 9.17) is 21.7 Å². The summed E-state index contributed by atoms with van der Waals surface area (Å²) in [5.41, 5.74) is 1.25. The normalized spacial score (nSPS) is 17.3. The maximum Gasteiger partial charge on any atom is 0.177 e. The molecular formula is C19H32N3O2S+. The lowest BCUT2D eigenvalue weighted by atomic mass is 10.1. The van der Waals surface area contributed by atoms with Crippen LogP contribution in [0.1, 0.15) is 39.2 Å². The molecule has 2 rings (SSSR count). The van der Waals surface area contributed by atoms with E-state index in [1.807, 2.05) is 19.9 Å². The number of hydrogen-bond donors (Lipinski definition) is 2. The first-order valence-electron chi connectivity index (χ1n) is 9.42. The summed E-state index contributed by atoms with van der Waals surface area (Å²) in [4.78, 5) is 3.83. The largest absolute Gasteiger partial charge is 0.490 e. The van der Waals surface area contributed by atoms with Crippen LogP contribution < -0.4 is 19.7 Å². The molecule has 1 saturated heterocycles. The summed E-state index contributed by atoms with van der Waals surface area (Å²) in [5, 5.41) is 4.23. The van der Waals surface area contributed by atoms with Gasteiger partial charge in [-0.1, -0.05) is 19.4 Å². The molecule has 0 saturated carbocycles. The van der Waals surface area contributed by atoms with Gasteiger partial charge < -0.3 is 24.6 Å². The summed E-state index contributed by atoms with van der Waals surface area (Å²) in [6.45, 7) is 11.5. The fourth-order valence-corrected chi connectivity index (χ4v) is 3.23. The Labute approximate surface area is 157 Å². The van der Waals surface area contributed by atoms with Crippen molar-refractivity contribution < 1.29 is 14.4 Å². The highest BCUT2D eigenvalue weighted by Crippen LogP contribution is 2.28. The van der Waals surface area contributed by atoms with Gasteiger partial charge in [-0.2, -0.15) is 0 Å². The van der Waals surface area contributed by atoms with E-state index in [1.54, 1.807) is 4.90 Å². The highest BCUT2D eigenvalue weighted by atomic mass is 32.1. The van der Waals surface area contributed by atoms with Crippen molar-refractivity contribution >= 4 is 17.3 Å². The van der Waals surface area contributed by atoms with Crippen molar-refractivity contribution in [3.63, 3.8) is 0 Å². The van der Waals surface area contributed by atoms with E-state index < -0.39 is 0 Å². The van der Waals surface area contributed by atoms with E-state index in [2.05, 4.69) is 29.3 Å². The third-order valence-electron chi connectivity index (χ3n) is 4.35. The number of quaternary nitrogens is 1. The zero-order valence-corrected chi connectivity index (χ0v) is 16.6. The molecule has 140 valence electrons. The maximum atomic E-state index is 5.72. The number of thiocarbonyl (C=S) groups is 1. The van der Waals surface area contributed by atoms with Crippen LogP contribution in [0.25, 0.3) is 0 Å². The fraction of sp³-hybridized carbons (Fsp3) is 0.632. The van der Waals surface area contributed by atoms with Crippen LogP contribution in [-0.4, -0.2) is 49.7 Å². The molecule has 2 N–H and O–H groups in total. The van der Waals surface area contributed by atoms with Gasteiger partial charge in [0.2, 0.25) is 0 Å². The number of unbranched alkanes of at least 4 members (excludes halogenated alkanes) is 1. The minimum atomic E-state index is 0.638. The Morgan fingerprint density at radius 3 is 2.64 bits per heavy atom. The number of rotatable bonds is 10. The van der Waals surface area contributed by atoms with Crippen molar-refractivity contribution in [3.05, 3.63) is 23.8 Å². The molecule has 0 aromatic heterocycles. The Morgan fingerprint density at radius 1 is 1.16 bits per heavy atom. The second-order valence-electron chi connectivity index (χ2n) is 6.33. The monoisotopic (exact) mass is 366 g/mol. The van der Waals surface area contributed by atoms with Gasteiger partial charge in [-0.3, -0.25) is 0 Å². The topological polar surface area (TPSA) is 38.2 Å². The van der Waals surface area contributed by atoms with Gasteiger partial charge in [0.25, 0.3) is 0 Å². The quantitative estimate of drug-likeness (QED) is 0.618. The van der Waals surface area contributed by atoms with E-state index in [0.717, 1.165) is 42.9 Å². The summed E-state index contributed by atoms with van der Waals surface area (Å²) in [5.74, 6) is 1.65. The van der Waals surface area contributed by atoms with Crippen molar-refractivity contribution in [1.29, 1.82) is 0 Å². The summed E-state index contributed by atoms with van der Waals surface area (Å²) < 4.78 is 11.4. The van der Waals surface area contributed by atoms with Crippen LogP contribution >= 0.6 is 12.2 Å². The minimum Gasteiger partial charge on any atom is -0.490 e. The van der Waals surface area contributed by atoms with Crippen LogP contribution in [0.5, 0.6) is 11.5 Å². The first kappa shape index (κ1) is 19.8. The predicted molar refractivity (Wildman–Crippen MR) is 105 cm³/mol. The second-order valence-corrected chi connectivity index (χ2v) is 6.72. The number of nitrogens with zero attached hydrogens (tertiary/aromatic N) is 1. The molecular weight excluding hydrogens is 334 g/mol. The molecule has 1 aromatic carbocycles. The molecule has 1 fully saturated rings. The van der Waals surface area contributed by atoms with Crippen molar-refractivity contribution in [2.24, 2.45) is 0 Å².